The van der Waals surface area contributed by atoms with Crippen LogP contribution in [0, 0.1) is 5.82 Å². The van der Waals surface area contributed by atoms with E-state index < -0.39 is 17.7 Å². The predicted octanol–water partition coefficient (Wildman–Crippen LogP) is 2.93. The molecule has 0 fully saturated rings. The lowest BCUT2D eigenvalue weighted by atomic mass is 10.2. The molecule has 5 nitrogen and oxygen atoms in total. The van der Waals surface area contributed by atoms with E-state index in [1.54, 1.807) is 0 Å². The van der Waals surface area contributed by atoms with Crippen molar-refractivity contribution in [3.05, 3.63) is 58.1 Å². The number of carboxylic acids is 1. The smallest absolute Gasteiger partial charge is 0.354 e. The van der Waals surface area contributed by atoms with E-state index in [0.29, 0.717) is 10.2 Å². The molecule has 20 heavy (non-hydrogen) atoms. The zero-order valence-corrected chi connectivity index (χ0v) is 11.5. The van der Waals surface area contributed by atoms with Crippen LogP contribution in [0.3, 0.4) is 0 Å². The zero-order valence-electron chi connectivity index (χ0n) is 9.93. The van der Waals surface area contributed by atoms with Gasteiger partial charge in [0.2, 0.25) is 0 Å². The van der Waals surface area contributed by atoms with Gasteiger partial charge in [0, 0.05) is 16.4 Å². The number of hydrogen-bond donors (Lipinski definition) is 2. The number of nitrogens with one attached hydrogen (secondary N) is 1. The number of carbonyl (C=O) groups excluding carboxylic acids is 1. The van der Waals surface area contributed by atoms with Crippen molar-refractivity contribution in [3.8, 4) is 0 Å². The fraction of sp³-hybridized carbons (Fsp3) is 0. The van der Waals surface area contributed by atoms with E-state index in [2.05, 4.69) is 26.2 Å². The van der Waals surface area contributed by atoms with Gasteiger partial charge in [-0.05, 0) is 46.3 Å². The van der Waals surface area contributed by atoms with Gasteiger partial charge < -0.3 is 10.4 Å². The van der Waals surface area contributed by atoms with Crippen molar-refractivity contribution in [1.82, 2.24) is 4.98 Å². The summed E-state index contributed by atoms with van der Waals surface area (Å²) in [6.45, 7) is 0. The number of amides is 1. The Hall–Kier alpha value is -2.28. The Morgan fingerprint density at radius 2 is 2.00 bits per heavy atom. The average molecular weight is 339 g/mol. The average Bonchev–Trinajstić information content (AvgIpc) is 2.38. The van der Waals surface area contributed by atoms with Crippen molar-refractivity contribution in [2.45, 2.75) is 0 Å². The lowest BCUT2D eigenvalue weighted by molar-refractivity contribution is 0.0690. The molecular weight excluding hydrogens is 331 g/mol. The van der Waals surface area contributed by atoms with Crippen molar-refractivity contribution in [3.63, 3.8) is 0 Å². The molecule has 102 valence electrons. The van der Waals surface area contributed by atoms with Gasteiger partial charge in [-0.3, -0.25) is 4.79 Å². The van der Waals surface area contributed by atoms with E-state index in [-0.39, 0.29) is 11.3 Å². The minimum atomic E-state index is -1.19. The van der Waals surface area contributed by atoms with E-state index in [1.165, 1.54) is 30.5 Å². The highest BCUT2D eigenvalue weighted by atomic mass is 79.9. The van der Waals surface area contributed by atoms with Crippen molar-refractivity contribution >= 4 is 33.5 Å². The fourth-order valence-electron chi connectivity index (χ4n) is 1.50. The third-order valence-electron chi connectivity index (χ3n) is 2.41. The van der Waals surface area contributed by atoms with Crippen LogP contribution >= 0.6 is 15.9 Å². The number of carbonyl (C=O) groups is 2. The molecule has 1 aromatic heterocycles. The first-order chi connectivity index (χ1) is 9.47. The minimum Gasteiger partial charge on any atom is -0.477 e. The monoisotopic (exact) mass is 338 g/mol. The second-order valence-corrected chi connectivity index (χ2v) is 4.67. The molecule has 0 unspecified atom stereocenters. The van der Waals surface area contributed by atoms with Gasteiger partial charge in [0.05, 0.1) is 5.56 Å². The summed E-state index contributed by atoms with van der Waals surface area (Å²) in [5, 5.41) is 11.3. The molecule has 2 rings (SSSR count). The van der Waals surface area contributed by atoms with Crippen molar-refractivity contribution in [2.75, 3.05) is 5.32 Å². The molecule has 0 atom stereocenters. The summed E-state index contributed by atoms with van der Waals surface area (Å²) in [6.07, 6.45) is 1.28. The number of nitrogens with zero attached hydrogens (tertiary/aromatic N) is 1. The van der Waals surface area contributed by atoms with Gasteiger partial charge in [-0.25, -0.2) is 14.2 Å². The lowest BCUT2D eigenvalue weighted by Crippen LogP contribution is -2.13. The summed E-state index contributed by atoms with van der Waals surface area (Å²) >= 11 is 3.09. The van der Waals surface area contributed by atoms with E-state index in [4.69, 9.17) is 5.11 Å². The molecule has 0 radical (unpaired) electrons. The van der Waals surface area contributed by atoms with Gasteiger partial charge in [0.1, 0.15) is 11.5 Å². The van der Waals surface area contributed by atoms with Crippen LogP contribution in [0.1, 0.15) is 20.8 Å². The molecule has 0 aliphatic carbocycles. The third kappa shape index (κ3) is 3.18. The molecular formula is C13H8BrFN2O3. The van der Waals surface area contributed by atoms with Gasteiger partial charge in [-0.2, -0.15) is 0 Å². The third-order valence-corrected chi connectivity index (χ3v) is 3.07. The maximum absolute atomic E-state index is 12.9. The minimum absolute atomic E-state index is 0.180. The predicted molar refractivity (Wildman–Crippen MR) is 73.2 cm³/mol. The molecule has 7 heteroatoms. The van der Waals surface area contributed by atoms with Gasteiger partial charge in [0.25, 0.3) is 5.91 Å². The number of aromatic nitrogens is 1. The summed E-state index contributed by atoms with van der Waals surface area (Å²) < 4.78 is 13.3. The zero-order chi connectivity index (χ0) is 14.7. The van der Waals surface area contributed by atoms with Gasteiger partial charge >= 0.3 is 5.97 Å². The molecule has 0 spiro atoms. The molecule has 0 saturated carbocycles. The van der Waals surface area contributed by atoms with E-state index in [9.17, 15) is 14.0 Å². The summed E-state index contributed by atoms with van der Waals surface area (Å²) in [6, 6.07) is 6.35. The maximum atomic E-state index is 12.9. The Balaban J connectivity index is 2.23. The van der Waals surface area contributed by atoms with Crippen LogP contribution in [-0.2, 0) is 0 Å². The molecule has 0 saturated heterocycles. The highest BCUT2D eigenvalue weighted by Crippen LogP contribution is 2.19. The largest absolute Gasteiger partial charge is 0.477 e. The van der Waals surface area contributed by atoms with Crippen LogP contribution in [0.4, 0.5) is 10.1 Å². The standard InChI is InChI=1S/C13H8BrFN2O3/c14-10-5-7(15)1-2-9(10)12(18)17-8-3-4-16-11(6-8)13(19)20/h1-6H,(H,19,20)(H,16,17,18). The van der Waals surface area contributed by atoms with Crippen LogP contribution in [0.15, 0.2) is 41.0 Å². The topological polar surface area (TPSA) is 79.3 Å². The maximum Gasteiger partial charge on any atom is 0.354 e. The fourth-order valence-corrected chi connectivity index (χ4v) is 2.03. The molecule has 0 aliphatic heterocycles. The van der Waals surface area contributed by atoms with Gasteiger partial charge in [-0.15, -0.1) is 0 Å². The summed E-state index contributed by atoms with van der Waals surface area (Å²) in [7, 11) is 0. The number of carboxylic acid groups (broad SMARTS) is 1. The first-order valence-electron chi connectivity index (χ1n) is 5.43. The normalized spacial score (nSPS) is 10.1. The van der Waals surface area contributed by atoms with Crippen LogP contribution < -0.4 is 5.32 Å². The van der Waals surface area contributed by atoms with Crippen molar-refractivity contribution in [2.24, 2.45) is 0 Å². The number of pyridine rings is 1. The lowest BCUT2D eigenvalue weighted by Gasteiger charge is -2.07. The Bertz CT molecular complexity index is 691. The Morgan fingerprint density at radius 3 is 2.65 bits per heavy atom. The Morgan fingerprint density at radius 1 is 1.25 bits per heavy atom. The molecule has 1 heterocycles. The number of aromatic carboxylic acids is 1. The van der Waals surface area contributed by atoms with Crippen LogP contribution in [-0.4, -0.2) is 22.0 Å². The van der Waals surface area contributed by atoms with Crippen LogP contribution in [0.2, 0.25) is 0 Å². The Kier molecular flexibility index (Phi) is 4.09. The van der Waals surface area contributed by atoms with Gasteiger partial charge in [0.15, 0.2) is 0 Å². The van der Waals surface area contributed by atoms with Crippen LogP contribution in [0.25, 0.3) is 0 Å². The number of hydrogen-bond acceptors (Lipinski definition) is 3. The number of rotatable bonds is 3. The number of halogens is 2. The molecule has 1 amide bonds. The highest BCUT2D eigenvalue weighted by Gasteiger charge is 2.12. The van der Waals surface area contributed by atoms with Crippen molar-refractivity contribution in [1.29, 1.82) is 0 Å². The van der Waals surface area contributed by atoms with E-state index in [0.717, 1.165) is 6.07 Å². The molecule has 0 aliphatic rings. The molecule has 2 N–H and O–H groups in total. The molecule has 2 aromatic rings. The van der Waals surface area contributed by atoms with Gasteiger partial charge in [-0.1, -0.05) is 0 Å². The van der Waals surface area contributed by atoms with Crippen molar-refractivity contribution < 1.29 is 19.1 Å². The second kappa shape index (κ2) is 5.79. The summed E-state index contributed by atoms with van der Waals surface area (Å²) in [4.78, 5) is 26.4. The van der Waals surface area contributed by atoms with E-state index in [1.807, 2.05) is 0 Å². The highest BCUT2D eigenvalue weighted by molar-refractivity contribution is 9.10. The van der Waals surface area contributed by atoms with Crippen LogP contribution in [0.5, 0.6) is 0 Å². The second-order valence-electron chi connectivity index (χ2n) is 3.81. The SMILES string of the molecule is O=C(O)c1cc(NC(=O)c2ccc(F)cc2Br)ccn1. The summed E-state index contributed by atoms with van der Waals surface area (Å²) in [5.41, 5.74) is 0.347. The quantitative estimate of drug-likeness (QED) is 0.901. The number of anilines is 1. The Labute approximate surface area is 121 Å². The number of benzene rings is 1. The first-order valence-corrected chi connectivity index (χ1v) is 6.22. The molecule has 1 aromatic carbocycles. The van der Waals surface area contributed by atoms with E-state index >= 15 is 0 Å². The first kappa shape index (κ1) is 14.1. The summed E-state index contributed by atoms with van der Waals surface area (Å²) in [5.74, 6) is -2.14. The molecule has 0 bridgehead atoms.